The summed E-state index contributed by atoms with van der Waals surface area (Å²) in [6.45, 7) is 0.955. The zero-order valence-corrected chi connectivity index (χ0v) is 9.81. The van der Waals surface area contributed by atoms with Crippen LogP contribution in [0.2, 0.25) is 0 Å². The number of rotatable bonds is 3. The maximum atomic E-state index is 10.8. The quantitative estimate of drug-likeness (QED) is 0.646. The van der Waals surface area contributed by atoms with E-state index in [-0.39, 0.29) is 16.7 Å². The highest BCUT2D eigenvalue weighted by Crippen LogP contribution is 2.33. The summed E-state index contributed by atoms with van der Waals surface area (Å²) in [4.78, 5) is 10.4. The fourth-order valence-electron chi connectivity index (χ4n) is 2.22. The Kier molecular flexibility index (Phi) is 3.58. The van der Waals surface area contributed by atoms with Crippen molar-refractivity contribution in [2.75, 3.05) is 13.7 Å². The lowest BCUT2D eigenvalue weighted by atomic mass is 9.96. The Hall–Kier alpha value is -1.62. The smallest absolute Gasteiger partial charge is 0.270 e. The van der Waals surface area contributed by atoms with Gasteiger partial charge in [-0.2, -0.15) is 0 Å². The zero-order chi connectivity index (χ0) is 12.3. The Balaban J connectivity index is 2.34. The highest BCUT2D eigenvalue weighted by atomic mass is 16.6. The first kappa shape index (κ1) is 11.9. The minimum atomic E-state index is -0.369. The summed E-state index contributed by atoms with van der Waals surface area (Å²) >= 11 is 0. The number of methoxy groups -OCH3 is 1. The molecule has 1 fully saturated rings. The van der Waals surface area contributed by atoms with Crippen molar-refractivity contribution in [3.05, 3.63) is 33.9 Å². The second kappa shape index (κ2) is 5.14. The summed E-state index contributed by atoms with van der Waals surface area (Å²) in [5, 5.41) is 14.2. The molecule has 0 spiro atoms. The molecular weight excluding hydrogens is 220 g/mol. The van der Waals surface area contributed by atoms with Crippen molar-refractivity contribution < 1.29 is 9.66 Å². The van der Waals surface area contributed by atoms with Crippen LogP contribution in [-0.4, -0.2) is 18.6 Å². The van der Waals surface area contributed by atoms with Crippen LogP contribution in [0.4, 0.5) is 5.69 Å². The standard InChI is InChI=1S/C12H16N2O3/c1-17-12-6-5-9(14(15)16)8-10(12)11-4-2-3-7-13-11/h5-6,8,11,13H,2-4,7H2,1H3. The summed E-state index contributed by atoms with van der Waals surface area (Å²) in [6, 6.07) is 4.93. The predicted octanol–water partition coefficient (Wildman–Crippen LogP) is 2.42. The van der Waals surface area contributed by atoms with E-state index in [0.717, 1.165) is 37.1 Å². The Bertz CT molecular complexity index is 414. The number of nitrogens with one attached hydrogen (secondary N) is 1. The number of nitro groups is 1. The van der Waals surface area contributed by atoms with E-state index in [1.54, 1.807) is 19.2 Å². The lowest BCUT2D eigenvalue weighted by Crippen LogP contribution is -2.27. The van der Waals surface area contributed by atoms with E-state index >= 15 is 0 Å². The van der Waals surface area contributed by atoms with Crippen LogP contribution in [0.25, 0.3) is 0 Å². The van der Waals surface area contributed by atoms with E-state index in [1.807, 2.05) is 0 Å². The van der Waals surface area contributed by atoms with Gasteiger partial charge in [0.25, 0.3) is 5.69 Å². The summed E-state index contributed by atoms with van der Waals surface area (Å²) in [7, 11) is 1.59. The molecule has 0 radical (unpaired) electrons. The van der Waals surface area contributed by atoms with Crippen LogP contribution in [0.1, 0.15) is 30.9 Å². The minimum absolute atomic E-state index is 0.119. The number of hydrogen-bond acceptors (Lipinski definition) is 4. The van der Waals surface area contributed by atoms with Crippen molar-refractivity contribution >= 4 is 5.69 Å². The second-order valence-corrected chi connectivity index (χ2v) is 4.19. The molecule has 1 aliphatic heterocycles. The number of nitrogens with zero attached hydrogens (tertiary/aromatic N) is 1. The molecule has 0 saturated carbocycles. The molecule has 5 nitrogen and oxygen atoms in total. The van der Waals surface area contributed by atoms with E-state index in [9.17, 15) is 10.1 Å². The molecule has 1 atom stereocenters. The molecule has 92 valence electrons. The van der Waals surface area contributed by atoms with E-state index in [4.69, 9.17) is 4.74 Å². The van der Waals surface area contributed by atoms with Gasteiger partial charge < -0.3 is 10.1 Å². The van der Waals surface area contributed by atoms with Gasteiger partial charge in [0.1, 0.15) is 5.75 Å². The first-order valence-electron chi connectivity index (χ1n) is 5.78. The van der Waals surface area contributed by atoms with Gasteiger partial charge in [0.15, 0.2) is 0 Å². The van der Waals surface area contributed by atoms with E-state index < -0.39 is 0 Å². The van der Waals surface area contributed by atoms with Crippen LogP contribution in [0.3, 0.4) is 0 Å². The van der Waals surface area contributed by atoms with Gasteiger partial charge in [0, 0.05) is 23.7 Å². The summed E-state index contributed by atoms with van der Waals surface area (Å²) in [5.41, 5.74) is 1.01. The molecule has 1 unspecified atom stereocenters. The number of nitro benzene ring substituents is 1. The van der Waals surface area contributed by atoms with Gasteiger partial charge in [-0.1, -0.05) is 6.42 Å². The Labute approximate surface area is 99.9 Å². The van der Waals surface area contributed by atoms with Crippen LogP contribution in [0.15, 0.2) is 18.2 Å². The van der Waals surface area contributed by atoms with Crippen molar-refractivity contribution in [2.45, 2.75) is 25.3 Å². The summed E-state index contributed by atoms with van der Waals surface area (Å²) < 4.78 is 5.27. The van der Waals surface area contributed by atoms with E-state index in [1.165, 1.54) is 6.07 Å². The largest absolute Gasteiger partial charge is 0.496 e. The minimum Gasteiger partial charge on any atom is -0.496 e. The number of piperidine rings is 1. The highest BCUT2D eigenvalue weighted by molar-refractivity contribution is 5.45. The van der Waals surface area contributed by atoms with Crippen molar-refractivity contribution in [1.29, 1.82) is 0 Å². The van der Waals surface area contributed by atoms with Gasteiger partial charge >= 0.3 is 0 Å². The van der Waals surface area contributed by atoms with E-state index in [0.29, 0.717) is 0 Å². The molecule has 1 heterocycles. The molecular formula is C12H16N2O3. The average molecular weight is 236 g/mol. The molecule has 1 N–H and O–H groups in total. The van der Waals surface area contributed by atoms with Crippen molar-refractivity contribution in [2.24, 2.45) is 0 Å². The van der Waals surface area contributed by atoms with Gasteiger partial charge in [-0.05, 0) is 25.5 Å². The summed E-state index contributed by atoms with van der Waals surface area (Å²) in [5.74, 6) is 0.718. The van der Waals surface area contributed by atoms with Gasteiger partial charge in [-0.25, -0.2) is 0 Å². The average Bonchev–Trinajstić information content (AvgIpc) is 2.39. The van der Waals surface area contributed by atoms with Gasteiger partial charge in [0.05, 0.1) is 12.0 Å². The molecule has 0 bridgehead atoms. The van der Waals surface area contributed by atoms with Crippen LogP contribution in [-0.2, 0) is 0 Å². The first-order chi connectivity index (χ1) is 8.22. The van der Waals surface area contributed by atoms with Crippen LogP contribution in [0.5, 0.6) is 5.75 Å². The molecule has 1 aliphatic rings. The third kappa shape index (κ3) is 2.55. The maximum absolute atomic E-state index is 10.8. The fourth-order valence-corrected chi connectivity index (χ4v) is 2.22. The molecule has 0 aliphatic carbocycles. The van der Waals surface area contributed by atoms with Crippen LogP contribution < -0.4 is 10.1 Å². The summed E-state index contributed by atoms with van der Waals surface area (Å²) in [6.07, 6.45) is 3.30. The van der Waals surface area contributed by atoms with Crippen LogP contribution in [0, 0.1) is 10.1 Å². The van der Waals surface area contributed by atoms with Gasteiger partial charge in [-0.15, -0.1) is 0 Å². The van der Waals surface area contributed by atoms with E-state index in [2.05, 4.69) is 5.32 Å². The molecule has 1 aromatic carbocycles. The number of hydrogen-bond donors (Lipinski definition) is 1. The molecule has 5 heteroatoms. The molecule has 0 aromatic heterocycles. The van der Waals surface area contributed by atoms with Crippen molar-refractivity contribution in [3.63, 3.8) is 0 Å². The first-order valence-corrected chi connectivity index (χ1v) is 5.78. The Morgan fingerprint density at radius 1 is 1.47 bits per heavy atom. The number of benzene rings is 1. The second-order valence-electron chi connectivity index (χ2n) is 4.19. The van der Waals surface area contributed by atoms with Crippen molar-refractivity contribution in [1.82, 2.24) is 5.32 Å². The zero-order valence-electron chi connectivity index (χ0n) is 9.81. The third-order valence-corrected chi connectivity index (χ3v) is 3.11. The number of ether oxygens (including phenoxy) is 1. The molecule has 2 rings (SSSR count). The lowest BCUT2D eigenvalue weighted by molar-refractivity contribution is -0.385. The molecule has 0 amide bonds. The highest BCUT2D eigenvalue weighted by Gasteiger charge is 2.21. The Morgan fingerprint density at radius 2 is 2.29 bits per heavy atom. The normalized spacial score (nSPS) is 19.9. The number of non-ortho nitro benzene ring substituents is 1. The van der Waals surface area contributed by atoms with Crippen LogP contribution >= 0.6 is 0 Å². The topological polar surface area (TPSA) is 64.4 Å². The lowest BCUT2D eigenvalue weighted by Gasteiger charge is -2.25. The maximum Gasteiger partial charge on any atom is 0.270 e. The van der Waals surface area contributed by atoms with Gasteiger partial charge in [0.2, 0.25) is 0 Å². The fraction of sp³-hybridized carbons (Fsp3) is 0.500. The Morgan fingerprint density at radius 3 is 2.88 bits per heavy atom. The van der Waals surface area contributed by atoms with Gasteiger partial charge in [-0.3, -0.25) is 10.1 Å². The molecule has 17 heavy (non-hydrogen) atoms. The SMILES string of the molecule is COc1ccc([N+](=O)[O-])cc1C1CCCCN1. The molecule has 1 aromatic rings. The third-order valence-electron chi connectivity index (χ3n) is 3.11. The monoisotopic (exact) mass is 236 g/mol. The predicted molar refractivity (Wildman–Crippen MR) is 64.2 cm³/mol. The van der Waals surface area contributed by atoms with Crippen molar-refractivity contribution in [3.8, 4) is 5.75 Å². The molecule has 1 saturated heterocycles.